The molecule has 0 saturated heterocycles. The summed E-state index contributed by atoms with van der Waals surface area (Å²) in [5.41, 5.74) is 0. The van der Waals surface area contributed by atoms with Gasteiger partial charge in [0.05, 0.1) is 0 Å². The summed E-state index contributed by atoms with van der Waals surface area (Å²) in [7, 11) is -0.972. The molecule has 0 aliphatic carbocycles. The van der Waals surface area contributed by atoms with Crippen molar-refractivity contribution in [2.45, 2.75) is 58.6 Å². The predicted molar refractivity (Wildman–Crippen MR) is 73.8 cm³/mol. The van der Waals surface area contributed by atoms with Crippen LogP contribution in [0.3, 0.4) is 0 Å². The van der Waals surface area contributed by atoms with E-state index in [-0.39, 0.29) is 18.9 Å². The van der Waals surface area contributed by atoms with E-state index >= 15 is 0 Å². The van der Waals surface area contributed by atoms with Crippen LogP contribution in [0, 0.1) is 6.20 Å². The molecule has 0 aliphatic heterocycles. The van der Waals surface area contributed by atoms with Gasteiger partial charge in [-0.25, -0.2) is 0 Å². The molecule has 1 rings (SSSR count). The average molecular weight is 260 g/mol. The van der Waals surface area contributed by atoms with Crippen molar-refractivity contribution in [3.05, 3.63) is 18.2 Å². The van der Waals surface area contributed by atoms with Crippen molar-refractivity contribution in [1.29, 1.82) is 0 Å². The van der Waals surface area contributed by atoms with E-state index in [4.69, 9.17) is 4.74 Å². The van der Waals surface area contributed by atoms with Crippen molar-refractivity contribution in [2.24, 2.45) is 0 Å². The standard InChI is InChI=1S/C13H25N2OSi.Li/c1-5-6-7-13-14-8-9-15(13)12-16-10-11-17(2,3)4;/h9H,5-7,10-12H2,1-4H3;/q-1;+1. The number of ether oxygens (including phenoxy) is 1. The first-order valence-electron chi connectivity index (χ1n) is 6.53. The van der Waals surface area contributed by atoms with Gasteiger partial charge in [-0.1, -0.05) is 52.0 Å². The molecule has 3 nitrogen and oxygen atoms in total. The molecule has 0 aliphatic rings. The van der Waals surface area contributed by atoms with E-state index in [1.54, 1.807) is 0 Å². The summed E-state index contributed by atoms with van der Waals surface area (Å²) in [4.78, 5) is 4.25. The summed E-state index contributed by atoms with van der Waals surface area (Å²) >= 11 is 0. The van der Waals surface area contributed by atoms with Crippen LogP contribution < -0.4 is 18.9 Å². The fourth-order valence-corrected chi connectivity index (χ4v) is 2.26. The largest absolute Gasteiger partial charge is 1.00 e. The molecule has 0 radical (unpaired) electrons. The SMILES string of the molecule is CCCCc1n[c-]cn1COCC[Si](C)(C)C.[Li+]. The number of rotatable bonds is 8. The van der Waals surface area contributed by atoms with Crippen LogP contribution in [0.25, 0.3) is 0 Å². The molecule has 1 heterocycles. The van der Waals surface area contributed by atoms with Gasteiger partial charge in [0.1, 0.15) is 6.73 Å². The Morgan fingerprint density at radius 1 is 1.39 bits per heavy atom. The molecule has 1 aromatic heterocycles. The Morgan fingerprint density at radius 3 is 2.72 bits per heavy atom. The van der Waals surface area contributed by atoms with E-state index in [1.165, 1.54) is 18.9 Å². The quantitative estimate of drug-likeness (QED) is 0.383. The third-order valence-electron chi connectivity index (χ3n) is 2.72. The Kier molecular flexibility index (Phi) is 8.97. The number of hydrogen-bond acceptors (Lipinski definition) is 2. The summed E-state index contributed by atoms with van der Waals surface area (Å²) in [5.74, 6) is 1.10. The zero-order valence-electron chi connectivity index (χ0n) is 12.6. The van der Waals surface area contributed by atoms with Crippen LogP contribution in [0.1, 0.15) is 25.6 Å². The Labute approximate surface area is 125 Å². The Balaban J connectivity index is 0.00000289. The molecule has 0 spiro atoms. The van der Waals surface area contributed by atoms with Crippen LogP contribution in [-0.2, 0) is 17.9 Å². The summed E-state index contributed by atoms with van der Waals surface area (Å²) < 4.78 is 7.78. The van der Waals surface area contributed by atoms with E-state index < -0.39 is 8.07 Å². The zero-order chi connectivity index (χ0) is 12.7. The van der Waals surface area contributed by atoms with Gasteiger partial charge in [-0.3, -0.25) is 0 Å². The van der Waals surface area contributed by atoms with Gasteiger partial charge in [0, 0.05) is 14.7 Å². The van der Waals surface area contributed by atoms with Gasteiger partial charge in [0.15, 0.2) is 0 Å². The van der Waals surface area contributed by atoms with Crippen molar-refractivity contribution >= 4 is 8.07 Å². The van der Waals surface area contributed by atoms with E-state index in [1.807, 2.05) is 6.20 Å². The van der Waals surface area contributed by atoms with Gasteiger partial charge in [0.2, 0.25) is 0 Å². The summed E-state index contributed by atoms with van der Waals surface area (Å²) in [5, 5.41) is 0. The molecular formula is C13H25LiN2OSi. The molecule has 0 saturated carbocycles. The van der Waals surface area contributed by atoms with Crippen molar-refractivity contribution in [1.82, 2.24) is 9.55 Å². The molecule has 18 heavy (non-hydrogen) atoms. The molecule has 0 bridgehead atoms. The van der Waals surface area contributed by atoms with Gasteiger partial charge in [-0.05, 0) is 11.9 Å². The number of nitrogens with zero attached hydrogens (tertiary/aromatic N) is 2. The van der Waals surface area contributed by atoms with E-state index in [0.29, 0.717) is 6.73 Å². The molecule has 0 atom stereocenters. The summed E-state index contributed by atoms with van der Waals surface area (Å²) in [6.45, 7) is 10.8. The molecule has 0 N–H and O–H groups in total. The first-order valence-corrected chi connectivity index (χ1v) is 10.2. The fourth-order valence-electron chi connectivity index (χ4n) is 1.50. The minimum absolute atomic E-state index is 0. The summed E-state index contributed by atoms with van der Waals surface area (Å²) in [6.07, 6.45) is 8.20. The minimum atomic E-state index is -0.972. The number of unbranched alkanes of at least 4 members (excludes halogenated alkanes) is 1. The minimum Gasteiger partial charge on any atom is -0.439 e. The smallest absolute Gasteiger partial charge is 0.439 e. The molecule has 1 aromatic rings. The number of aromatic nitrogens is 2. The normalized spacial score (nSPS) is 11.3. The molecule has 0 amide bonds. The Bertz CT molecular complexity index is 323. The van der Waals surface area contributed by atoms with E-state index in [2.05, 4.69) is 42.3 Å². The van der Waals surface area contributed by atoms with Crippen molar-refractivity contribution in [3.8, 4) is 0 Å². The van der Waals surface area contributed by atoms with Crippen molar-refractivity contribution in [3.63, 3.8) is 0 Å². The average Bonchev–Trinajstić information content (AvgIpc) is 2.67. The number of aryl methyl sites for hydroxylation is 1. The zero-order valence-corrected chi connectivity index (χ0v) is 13.6. The molecule has 0 fully saturated rings. The molecule has 0 unspecified atom stereocenters. The van der Waals surface area contributed by atoms with E-state index in [0.717, 1.165) is 18.9 Å². The van der Waals surface area contributed by atoms with Gasteiger partial charge in [-0.15, -0.1) is 6.20 Å². The summed E-state index contributed by atoms with van der Waals surface area (Å²) in [6, 6.07) is 1.22. The maximum atomic E-state index is 5.71. The van der Waals surface area contributed by atoms with Crippen molar-refractivity contribution in [2.75, 3.05) is 6.61 Å². The fraction of sp³-hybridized carbons (Fsp3) is 0.769. The number of hydrogen-bond donors (Lipinski definition) is 0. The third kappa shape index (κ3) is 7.43. The predicted octanol–water partition coefficient (Wildman–Crippen LogP) is 0.342. The molecule has 5 heteroatoms. The second kappa shape index (κ2) is 8.98. The maximum Gasteiger partial charge on any atom is 1.00 e. The van der Waals surface area contributed by atoms with Gasteiger partial charge < -0.3 is 14.3 Å². The molecule has 98 valence electrons. The van der Waals surface area contributed by atoms with Gasteiger partial charge in [-0.2, -0.15) is 0 Å². The Morgan fingerprint density at radius 2 is 2.11 bits per heavy atom. The monoisotopic (exact) mass is 260 g/mol. The third-order valence-corrected chi connectivity index (χ3v) is 4.42. The van der Waals surface area contributed by atoms with Crippen LogP contribution in [0.2, 0.25) is 25.7 Å². The second-order valence-corrected chi connectivity index (χ2v) is 11.3. The second-order valence-electron chi connectivity index (χ2n) is 5.71. The van der Waals surface area contributed by atoms with E-state index in [9.17, 15) is 0 Å². The Hall–Kier alpha value is -0.0157. The van der Waals surface area contributed by atoms with Crippen LogP contribution in [-0.4, -0.2) is 24.2 Å². The van der Waals surface area contributed by atoms with Crippen LogP contribution in [0.4, 0.5) is 0 Å². The topological polar surface area (TPSA) is 27.1 Å². The first-order chi connectivity index (χ1) is 8.03. The first kappa shape index (κ1) is 18.0. The molecular weight excluding hydrogens is 235 g/mol. The van der Waals surface area contributed by atoms with Gasteiger partial charge >= 0.3 is 18.9 Å². The van der Waals surface area contributed by atoms with Crippen LogP contribution in [0.5, 0.6) is 0 Å². The van der Waals surface area contributed by atoms with Gasteiger partial charge in [0.25, 0.3) is 0 Å². The van der Waals surface area contributed by atoms with Crippen LogP contribution in [0.15, 0.2) is 6.20 Å². The van der Waals surface area contributed by atoms with Crippen molar-refractivity contribution < 1.29 is 23.6 Å². The maximum absolute atomic E-state index is 5.71. The van der Waals surface area contributed by atoms with Crippen LogP contribution >= 0.6 is 0 Å². The molecule has 0 aromatic carbocycles. The number of imidazole rings is 1.